The maximum atomic E-state index is 12.4. The van der Waals surface area contributed by atoms with Crippen LogP contribution in [-0.2, 0) is 10.0 Å². The van der Waals surface area contributed by atoms with E-state index in [0.29, 0.717) is 5.75 Å². The first kappa shape index (κ1) is 17.9. The molecule has 0 spiro atoms. The van der Waals surface area contributed by atoms with Crippen LogP contribution in [0.1, 0.15) is 5.56 Å². The van der Waals surface area contributed by atoms with E-state index in [9.17, 15) is 18.5 Å². The van der Waals surface area contributed by atoms with Crippen LogP contribution < -0.4 is 4.74 Å². The molecule has 0 amide bonds. The molecule has 24 heavy (non-hydrogen) atoms. The van der Waals surface area contributed by atoms with E-state index in [4.69, 9.17) is 4.74 Å². The van der Waals surface area contributed by atoms with Crippen molar-refractivity contribution in [1.29, 1.82) is 0 Å². The van der Waals surface area contributed by atoms with Crippen molar-refractivity contribution in [3.63, 3.8) is 0 Å². The average Bonchev–Trinajstić information content (AvgIpc) is 2.56. The van der Waals surface area contributed by atoms with Crippen molar-refractivity contribution < 1.29 is 18.1 Å². The predicted octanol–water partition coefficient (Wildman–Crippen LogP) is 2.60. The summed E-state index contributed by atoms with van der Waals surface area (Å²) in [6.07, 6.45) is 0. The highest BCUT2D eigenvalue weighted by molar-refractivity contribution is 7.89. The minimum absolute atomic E-state index is 0.00601. The molecule has 0 saturated carbocycles. The summed E-state index contributed by atoms with van der Waals surface area (Å²) in [6, 6.07) is 12.3. The lowest BCUT2D eigenvalue weighted by molar-refractivity contribution is -0.384. The Bertz CT molecular complexity index is 819. The lowest BCUT2D eigenvalue weighted by atomic mass is 10.2. The summed E-state index contributed by atoms with van der Waals surface area (Å²) >= 11 is 0. The summed E-state index contributed by atoms with van der Waals surface area (Å²) in [5.41, 5.74) is 0.817. The van der Waals surface area contributed by atoms with Crippen molar-refractivity contribution in [3.8, 4) is 5.75 Å². The predicted molar refractivity (Wildman–Crippen MR) is 89.6 cm³/mol. The van der Waals surface area contributed by atoms with Gasteiger partial charge in [0.25, 0.3) is 5.69 Å². The van der Waals surface area contributed by atoms with Gasteiger partial charge in [0, 0.05) is 25.7 Å². The molecule has 128 valence electrons. The number of rotatable bonds is 7. The first-order valence-electron chi connectivity index (χ1n) is 7.21. The Morgan fingerprint density at radius 3 is 2.33 bits per heavy atom. The number of para-hydroxylation sites is 1. The Morgan fingerprint density at radius 2 is 1.75 bits per heavy atom. The van der Waals surface area contributed by atoms with Gasteiger partial charge in [0.2, 0.25) is 10.0 Å². The number of nitro groups is 1. The molecule has 0 saturated heterocycles. The molecule has 2 aromatic rings. The Labute approximate surface area is 140 Å². The van der Waals surface area contributed by atoms with Gasteiger partial charge in [0.05, 0.1) is 9.82 Å². The number of non-ortho nitro benzene ring substituents is 1. The lowest BCUT2D eigenvalue weighted by Crippen LogP contribution is -2.31. The van der Waals surface area contributed by atoms with Crippen molar-refractivity contribution in [3.05, 3.63) is 64.2 Å². The molecular formula is C16H18N2O5S. The van der Waals surface area contributed by atoms with Crippen molar-refractivity contribution in [2.45, 2.75) is 11.8 Å². The maximum Gasteiger partial charge on any atom is 0.269 e. The first-order valence-corrected chi connectivity index (χ1v) is 8.65. The number of ether oxygens (including phenoxy) is 1. The highest BCUT2D eigenvalue weighted by atomic mass is 32.2. The van der Waals surface area contributed by atoms with Gasteiger partial charge in [0.15, 0.2) is 0 Å². The van der Waals surface area contributed by atoms with Crippen LogP contribution >= 0.6 is 0 Å². The molecule has 2 aromatic carbocycles. The molecule has 0 unspecified atom stereocenters. The summed E-state index contributed by atoms with van der Waals surface area (Å²) in [6.45, 7) is 2.27. The van der Waals surface area contributed by atoms with Gasteiger partial charge in [-0.3, -0.25) is 10.1 Å². The van der Waals surface area contributed by atoms with Gasteiger partial charge < -0.3 is 4.74 Å². The summed E-state index contributed by atoms with van der Waals surface area (Å²) in [4.78, 5) is 10.1. The van der Waals surface area contributed by atoms with Gasteiger partial charge in [-0.1, -0.05) is 18.2 Å². The fourth-order valence-electron chi connectivity index (χ4n) is 2.04. The molecule has 0 N–H and O–H groups in total. The van der Waals surface area contributed by atoms with Crippen LogP contribution in [0.2, 0.25) is 0 Å². The van der Waals surface area contributed by atoms with Crippen molar-refractivity contribution in [2.75, 3.05) is 20.2 Å². The molecule has 7 nitrogen and oxygen atoms in total. The summed E-state index contributed by atoms with van der Waals surface area (Å²) in [5.74, 6) is 0.707. The van der Waals surface area contributed by atoms with Gasteiger partial charge in [-0.25, -0.2) is 8.42 Å². The SMILES string of the molecule is Cc1ccccc1OCCN(C)S(=O)(=O)c1ccc([N+](=O)[O-])cc1. The number of nitro benzene ring substituents is 1. The van der Waals surface area contributed by atoms with Gasteiger partial charge in [-0.15, -0.1) is 0 Å². The normalized spacial score (nSPS) is 11.5. The third-order valence-corrected chi connectivity index (χ3v) is 5.38. The summed E-state index contributed by atoms with van der Waals surface area (Å²) < 4.78 is 31.6. The molecule has 0 bridgehead atoms. The third-order valence-electron chi connectivity index (χ3n) is 3.51. The minimum Gasteiger partial charge on any atom is -0.492 e. The van der Waals surface area contributed by atoms with E-state index in [1.165, 1.54) is 31.3 Å². The zero-order valence-electron chi connectivity index (χ0n) is 13.4. The van der Waals surface area contributed by atoms with Gasteiger partial charge in [-0.05, 0) is 30.7 Å². The summed E-state index contributed by atoms with van der Waals surface area (Å²) in [7, 11) is -2.27. The van der Waals surface area contributed by atoms with E-state index in [1.807, 2.05) is 31.2 Å². The Morgan fingerprint density at radius 1 is 1.12 bits per heavy atom. The van der Waals surface area contributed by atoms with E-state index in [-0.39, 0.29) is 23.7 Å². The van der Waals surface area contributed by atoms with Crippen LogP contribution in [0.5, 0.6) is 5.75 Å². The average molecular weight is 350 g/mol. The van der Waals surface area contributed by atoms with Crippen LogP contribution in [0.25, 0.3) is 0 Å². The van der Waals surface area contributed by atoms with Gasteiger partial charge in [0.1, 0.15) is 12.4 Å². The molecule has 0 aromatic heterocycles. The lowest BCUT2D eigenvalue weighted by Gasteiger charge is -2.18. The van der Waals surface area contributed by atoms with Gasteiger partial charge in [-0.2, -0.15) is 4.31 Å². The standard InChI is InChI=1S/C16H18N2O5S/c1-13-5-3-4-6-16(13)23-12-11-17(2)24(21,22)15-9-7-14(8-10-15)18(19)20/h3-10H,11-12H2,1-2H3. The number of hydrogen-bond acceptors (Lipinski definition) is 5. The van der Waals surface area contributed by atoms with E-state index >= 15 is 0 Å². The first-order chi connectivity index (χ1) is 11.3. The fourth-order valence-corrected chi connectivity index (χ4v) is 3.20. The quantitative estimate of drug-likeness (QED) is 0.565. The van der Waals surface area contributed by atoms with Crippen LogP contribution in [0, 0.1) is 17.0 Å². The van der Waals surface area contributed by atoms with Gasteiger partial charge >= 0.3 is 0 Å². The van der Waals surface area contributed by atoms with E-state index in [0.717, 1.165) is 9.87 Å². The number of hydrogen-bond donors (Lipinski definition) is 0. The molecule has 0 fully saturated rings. The maximum absolute atomic E-state index is 12.4. The number of aryl methyl sites for hydroxylation is 1. The van der Waals surface area contributed by atoms with Crippen LogP contribution in [0.15, 0.2) is 53.4 Å². The second kappa shape index (κ2) is 7.41. The van der Waals surface area contributed by atoms with E-state index in [1.54, 1.807) is 0 Å². The van der Waals surface area contributed by atoms with Crippen LogP contribution in [0.3, 0.4) is 0 Å². The smallest absolute Gasteiger partial charge is 0.269 e. The van der Waals surface area contributed by atoms with E-state index in [2.05, 4.69) is 0 Å². The molecular weight excluding hydrogens is 332 g/mol. The van der Waals surface area contributed by atoms with Crippen LogP contribution in [0.4, 0.5) is 5.69 Å². The zero-order valence-corrected chi connectivity index (χ0v) is 14.2. The topological polar surface area (TPSA) is 89.8 Å². The Hall–Kier alpha value is -2.45. The monoisotopic (exact) mass is 350 g/mol. The highest BCUT2D eigenvalue weighted by Crippen LogP contribution is 2.19. The largest absolute Gasteiger partial charge is 0.492 e. The minimum atomic E-state index is -3.72. The fraction of sp³-hybridized carbons (Fsp3) is 0.250. The molecule has 0 aliphatic heterocycles. The van der Waals surface area contributed by atoms with Crippen molar-refractivity contribution in [1.82, 2.24) is 4.31 Å². The second-order valence-corrected chi connectivity index (χ2v) is 7.24. The summed E-state index contributed by atoms with van der Waals surface area (Å²) in [5, 5.41) is 10.6. The van der Waals surface area contributed by atoms with Crippen molar-refractivity contribution >= 4 is 15.7 Å². The Balaban J connectivity index is 2.01. The molecule has 0 aliphatic carbocycles. The number of benzene rings is 2. The molecule has 2 rings (SSSR count). The molecule has 0 heterocycles. The highest BCUT2D eigenvalue weighted by Gasteiger charge is 2.21. The third kappa shape index (κ3) is 4.09. The molecule has 0 aliphatic rings. The zero-order chi connectivity index (χ0) is 17.7. The number of likely N-dealkylation sites (N-methyl/N-ethyl adjacent to an activating group) is 1. The second-order valence-electron chi connectivity index (χ2n) is 5.19. The van der Waals surface area contributed by atoms with Crippen LogP contribution in [-0.4, -0.2) is 37.8 Å². The molecule has 0 atom stereocenters. The molecule has 8 heteroatoms. The van der Waals surface area contributed by atoms with Crippen molar-refractivity contribution in [2.24, 2.45) is 0 Å². The van der Waals surface area contributed by atoms with E-state index < -0.39 is 14.9 Å². The number of nitrogens with zero attached hydrogens (tertiary/aromatic N) is 2. The number of sulfonamides is 1. The Kier molecular flexibility index (Phi) is 5.53. The molecule has 0 radical (unpaired) electrons.